The van der Waals surface area contributed by atoms with E-state index in [1.165, 1.54) is 5.56 Å². The fourth-order valence-corrected chi connectivity index (χ4v) is 4.27. The van der Waals surface area contributed by atoms with Gasteiger partial charge in [0.1, 0.15) is 4.88 Å². The Morgan fingerprint density at radius 2 is 1.70 bits per heavy atom. The van der Waals surface area contributed by atoms with E-state index in [1.807, 2.05) is 23.1 Å². The van der Waals surface area contributed by atoms with Crippen LogP contribution in [0.2, 0.25) is 0 Å². The highest BCUT2D eigenvalue weighted by Crippen LogP contribution is 2.30. The third kappa shape index (κ3) is 2.89. The van der Waals surface area contributed by atoms with Gasteiger partial charge in [-0.25, -0.2) is 0 Å². The summed E-state index contributed by atoms with van der Waals surface area (Å²) in [5.41, 5.74) is 1.40. The predicted molar refractivity (Wildman–Crippen MR) is 95.0 cm³/mol. The summed E-state index contributed by atoms with van der Waals surface area (Å²) in [6, 6.07) is 22.0. The lowest BCUT2D eigenvalue weighted by Crippen LogP contribution is -2.37. The Kier molecular flexibility index (Phi) is 3.88. The molecule has 1 fully saturated rings. The summed E-state index contributed by atoms with van der Waals surface area (Å²) in [5, 5.41) is 1.04. The van der Waals surface area contributed by atoms with Gasteiger partial charge in [0.15, 0.2) is 0 Å². The highest BCUT2D eigenvalue weighted by atomic mass is 32.1. The van der Waals surface area contributed by atoms with Crippen LogP contribution in [-0.2, 0) is 0 Å². The lowest BCUT2D eigenvalue weighted by Gasteiger charge is -2.32. The molecule has 4 rings (SSSR count). The maximum atomic E-state index is 12.7. The van der Waals surface area contributed by atoms with E-state index in [4.69, 9.17) is 0 Å². The molecule has 0 bridgehead atoms. The number of carbonyl (C=O) groups is 1. The molecule has 1 aromatic heterocycles. The van der Waals surface area contributed by atoms with Gasteiger partial charge in [0.25, 0.3) is 5.91 Å². The molecule has 2 aromatic carbocycles. The number of carbonyl (C=O) groups excluding carboxylic acids is 1. The summed E-state index contributed by atoms with van der Waals surface area (Å²) < 4.78 is 1.13. The van der Waals surface area contributed by atoms with Gasteiger partial charge in [-0.3, -0.25) is 4.79 Å². The summed E-state index contributed by atoms with van der Waals surface area (Å²) in [6.07, 6.45) is 2.08. The number of fused-ring (bicyclic) bond motifs is 1. The van der Waals surface area contributed by atoms with Crippen molar-refractivity contribution in [2.75, 3.05) is 13.1 Å². The second kappa shape index (κ2) is 6.17. The van der Waals surface area contributed by atoms with Gasteiger partial charge in [0, 0.05) is 29.2 Å². The second-order valence-corrected chi connectivity index (χ2v) is 7.08. The molecule has 2 heterocycles. The molecule has 3 heteroatoms. The quantitative estimate of drug-likeness (QED) is 0.669. The van der Waals surface area contributed by atoms with E-state index >= 15 is 0 Å². The van der Waals surface area contributed by atoms with Crippen LogP contribution in [0.15, 0.2) is 54.6 Å². The molecule has 2 nitrogen and oxygen atoms in total. The SMILES string of the molecule is O=C(c1[c]c2ccccc2s1)N1CCC(c2ccccc2)CC1. The number of rotatable bonds is 2. The Bertz CT molecular complexity index is 783. The molecule has 23 heavy (non-hydrogen) atoms. The summed E-state index contributed by atoms with van der Waals surface area (Å²) in [5.74, 6) is 0.712. The fourth-order valence-electron chi connectivity index (χ4n) is 3.30. The minimum absolute atomic E-state index is 0.137. The summed E-state index contributed by atoms with van der Waals surface area (Å²) in [6.45, 7) is 1.67. The number of amides is 1. The van der Waals surface area contributed by atoms with Crippen LogP contribution in [-0.4, -0.2) is 23.9 Å². The molecule has 1 aliphatic rings. The first-order valence-electron chi connectivity index (χ1n) is 8.06. The van der Waals surface area contributed by atoms with Crippen LogP contribution < -0.4 is 0 Å². The number of nitrogens with zero attached hydrogens (tertiary/aromatic N) is 1. The maximum Gasteiger partial charge on any atom is 0.264 e. The van der Waals surface area contributed by atoms with Gasteiger partial charge in [-0.05, 0) is 30.4 Å². The van der Waals surface area contributed by atoms with Gasteiger partial charge in [-0.1, -0.05) is 48.5 Å². The molecule has 0 aliphatic carbocycles. The van der Waals surface area contributed by atoms with Crippen LogP contribution in [0.4, 0.5) is 0 Å². The fraction of sp³-hybridized carbons (Fsp3) is 0.250. The molecule has 0 atom stereocenters. The van der Waals surface area contributed by atoms with Crippen LogP contribution in [0.5, 0.6) is 0 Å². The monoisotopic (exact) mass is 320 g/mol. The molecule has 1 saturated heterocycles. The first-order valence-corrected chi connectivity index (χ1v) is 8.88. The first-order chi connectivity index (χ1) is 11.3. The smallest absolute Gasteiger partial charge is 0.264 e. The van der Waals surface area contributed by atoms with Gasteiger partial charge >= 0.3 is 0 Å². The number of piperidine rings is 1. The van der Waals surface area contributed by atoms with E-state index in [2.05, 4.69) is 42.5 Å². The van der Waals surface area contributed by atoms with Crippen molar-refractivity contribution >= 4 is 27.3 Å². The zero-order valence-electron chi connectivity index (χ0n) is 12.9. The molecule has 0 saturated carbocycles. The van der Waals surface area contributed by atoms with Crippen molar-refractivity contribution < 1.29 is 4.79 Å². The Labute approximate surface area is 140 Å². The standard InChI is InChI=1S/C20H18NOS/c22-20(19-14-17-8-4-5-9-18(17)23-19)21-12-10-16(11-13-21)15-6-2-1-3-7-15/h1-9,16H,10-13H2. The molecule has 115 valence electrons. The molecule has 1 radical (unpaired) electrons. The van der Waals surface area contributed by atoms with Gasteiger partial charge in [-0.15, -0.1) is 11.3 Å². The third-order valence-corrected chi connectivity index (χ3v) is 5.65. The largest absolute Gasteiger partial charge is 0.338 e. The summed E-state index contributed by atoms with van der Waals surface area (Å²) >= 11 is 1.55. The zero-order valence-corrected chi connectivity index (χ0v) is 13.7. The summed E-state index contributed by atoms with van der Waals surface area (Å²) in [4.78, 5) is 15.4. The van der Waals surface area contributed by atoms with Crippen LogP contribution in [0, 0.1) is 6.07 Å². The van der Waals surface area contributed by atoms with Crippen molar-refractivity contribution in [3.8, 4) is 0 Å². The van der Waals surface area contributed by atoms with Crippen molar-refractivity contribution in [3.63, 3.8) is 0 Å². The van der Waals surface area contributed by atoms with Crippen molar-refractivity contribution in [3.05, 3.63) is 71.1 Å². The van der Waals surface area contributed by atoms with Crippen molar-refractivity contribution in [2.45, 2.75) is 18.8 Å². The normalized spacial score (nSPS) is 15.9. The van der Waals surface area contributed by atoms with E-state index in [0.29, 0.717) is 5.92 Å². The lowest BCUT2D eigenvalue weighted by atomic mass is 9.89. The molecular weight excluding hydrogens is 302 g/mol. The van der Waals surface area contributed by atoms with Crippen molar-refractivity contribution in [2.24, 2.45) is 0 Å². The summed E-state index contributed by atoms with van der Waals surface area (Å²) in [7, 11) is 0. The molecule has 1 aliphatic heterocycles. The zero-order chi connectivity index (χ0) is 15.6. The number of hydrogen-bond donors (Lipinski definition) is 0. The Balaban J connectivity index is 1.46. The molecule has 0 N–H and O–H groups in total. The minimum Gasteiger partial charge on any atom is -0.338 e. The van der Waals surface area contributed by atoms with Gasteiger partial charge in [0.05, 0.1) is 0 Å². The average Bonchev–Trinajstić information content (AvgIpc) is 3.06. The van der Waals surface area contributed by atoms with E-state index in [1.54, 1.807) is 11.3 Å². The molecule has 0 unspecified atom stereocenters. The number of likely N-dealkylation sites (tertiary alicyclic amines) is 1. The third-order valence-electron chi connectivity index (χ3n) is 4.59. The highest BCUT2D eigenvalue weighted by Gasteiger charge is 2.25. The van der Waals surface area contributed by atoms with E-state index < -0.39 is 0 Å². The topological polar surface area (TPSA) is 20.3 Å². The van der Waals surface area contributed by atoms with E-state index in [-0.39, 0.29) is 5.91 Å². The molecular formula is C20H18NOS. The Morgan fingerprint density at radius 1 is 1.00 bits per heavy atom. The highest BCUT2D eigenvalue weighted by molar-refractivity contribution is 7.20. The van der Waals surface area contributed by atoms with Crippen LogP contribution in [0.3, 0.4) is 0 Å². The Morgan fingerprint density at radius 3 is 2.43 bits per heavy atom. The van der Waals surface area contributed by atoms with Crippen LogP contribution in [0.1, 0.15) is 34.0 Å². The van der Waals surface area contributed by atoms with Crippen molar-refractivity contribution in [1.82, 2.24) is 4.90 Å². The van der Waals surface area contributed by atoms with E-state index in [9.17, 15) is 4.79 Å². The van der Waals surface area contributed by atoms with Gasteiger partial charge in [-0.2, -0.15) is 0 Å². The number of benzene rings is 2. The molecule has 0 spiro atoms. The maximum absolute atomic E-state index is 12.7. The number of hydrogen-bond acceptors (Lipinski definition) is 2. The van der Waals surface area contributed by atoms with Gasteiger partial charge < -0.3 is 4.90 Å². The molecule has 1 amide bonds. The Hall–Kier alpha value is -2.13. The van der Waals surface area contributed by atoms with Gasteiger partial charge in [0.2, 0.25) is 0 Å². The molecule has 3 aromatic rings. The number of thiophene rings is 1. The van der Waals surface area contributed by atoms with Crippen LogP contribution in [0.25, 0.3) is 10.1 Å². The predicted octanol–water partition coefficient (Wildman–Crippen LogP) is 4.72. The average molecular weight is 320 g/mol. The van der Waals surface area contributed by atoms with Crippen molar-refractivity contribution in [1.29, 1.82) is 0 Å². The lowest BCUT2D eigenvalue weighted by molar-refractivity contribution is 0.0717. The first kappa shape index (κ1) is 14.5. The second-order valence-electron chi connectivity index (χ2n) is 6.03. The van der Waals surface area contributed by atoms with Crippen LogP contribution >= 0.6 is 11.3 Å². The van der Waals surface area contributed by atoms with E-state index in [0.717, 1.165) is 40.9 Å². The minimum atomic E-state index is 0.137.